The van der Waals surface area contributed by atoms with Crippen LogP contribution in [-0.4, -0.2) is 45.4 Å². The lowest BCUT2D eigenvalue weighted by Crippen LogP contribution is -2.35. The molecular weight excluding hydrogens is 302 g/mol. The Bertz CT molecular complexity index is 736. The first kappa shape index (κ1) is 16.6. The van der Waals surface area contributed by atoms with Gasteiger partial charge in [0.15, 0.2) is 0 Å². The van der Waals surface area contributed by atoms with Crippen LogP contribution in [0.4, 0.5) is 0 Å². The highest BCUT2D eigenvalue weighted by Crippen LogP contribution is 2.28. The Morgan fingerprint density at radius 2 is 2.00 bits per heavy atom. The van der Waals surface area contributed by atoms with Crippen LogP contribution in [0.5, 0.6) is 0 Å². The molecule has 128 valence electrons. The number of hydrogen-bond acceptors (Lipinski definition) is 4. The van der Waals surface area contributed by atoms with Gasteiger partial charge in [0.1, 0.15) is 0 Å². The van der Waals surface area contributed by atoms with Gasteiger partial charge in [-0.05, 0) is 44.4 Å². The van der Waals surface area contributed by atoms with Crippen molar-refractivity contribution in [3.05, 3.63) is 41.2 Å². The molecule has 1 unspecified atom stereocenters. The minimum atomic E-state index is 0.0458. The maximum absolute atomic E-state index is 12.6. The van der Waals surface area contributed by atoms with Gasteiger partial charge in [0.25, 0.3) is 0 Å². The van der Waals surface area contributed by atoms with Crippen molar-refractivity contribution in [3.63, 3.8) is 0 Å². The Morgan fingerprint density at radius 3 is 2.62 bits per heavy atom. The Hall–Kier alpha value is -2.21. The standard InChI is InChI=1S/C18H25N5O/c1-13-4-6-15(7-5-13)23-14(2)16(20-21-23)10-17(24)22-9-8-18(3,11-19)12-22/h4-7H,8-12,19H2,1-3H3. The highest BCUT2D eigenvalue weighted by Gasteiger charge is 2.35. The molecule has 1 saturated heterocycles. The number of rotatable bonds is 4. The van der Waals surface area contributed by atoms with Crippen LogP contribution in [0.25, 0.3) is 5.69 Å². The van der Waals surface area contributed by atoms with Crippen LogP contribution in [0.2, 0.25) is 0 Å². The predicted molar refractivity (Wildman–Crippen MR) is 92.9 cm³/mol. The summed E-state index contributed by atoms with van der Waals surface area (Å²) in [5, 5.41) is 8.44. The molecule has 2 aromatic rings. The van der Waals surface area contributed by atoms with E-state index in [0.29, 0.717) is 13.0 Å². The smallest absolute Gasteiger partial charge is 0.228 e. The molecule has 1 fully saturated rings. The highest BCUT2D eigenvalue weighted by molar-refractivity contribution is 5.79. The van der Waals surface area contributed by atoms with Crippen LogP contribution in [0.3, 0.4) is 0 Å². The van der Waals surface area contributed by atoms with Crippen molar-refractivity contribution in [2.75, 3.05) is 19.6 Å². The van der Waals surface area contributed by atoms with Crippen LogP contribution in [0.15, 0.2) is 24.3 Å². The summed E-state index contributed by atoms with van der Waals surface area (Å²) in [7, 11) is 0. The van der Waals surface area contributed by atoms with Gasteiger partial charge in [0.05, 0.1) is 23.5 Å². The summed E-state index contributed by atoms with van der Waals surface area (Å²) in [6, 6.07) is 8.10. The van der Waals surface area contributed by atoms with Crippen LogP contribution in [0.1, 0.15) is 30.3 Å². The van der Waals surface area contributed by atoms with Crippen molar-refractivity contribution >= 4 is 5.91 Å². The monoisotopic (exact) mass is 327 g/mol. The van der Waals surface area contributed by atoms with Crippen LogP contribution in [0, 0.1) is 19.3 Å². The molecule has 6 nitrogen and oxygen atoms in total. The molecule has 1 aliphatic heterocycles. The first-order valence-corrected chi connectivity index (χ1v) is 8.38. The second-order valence-corrected chi connectivity index (χ2v) is 7.13. The first-order chi connectivity index (χ1) is 11.4. The van der Waals surface area contributed by atoms with Crippen molar-refractivity contribution in [3.8, 4) is 5.69 Å². The molecule has 6 heteroatoms. The fourth-order valence-corrected chi connectivity index (χ4v) is 3.11. The molecule has 2 heterocycles. The van der Waals surface area contributed by atoms with Gasteiger partial charge >= 0.3 is 0 Å². The number of carbonyl (C=O) groups excluding carboxylic acids is 1. The number of likely N-dealkylation sites (tertiary alicyclic amines) is 1. The van der Waals surface area contributed by atoms with Gasteiger partial charge in [0, 0.05) is 13.1 Å². The van der Waals surface area contributed by atoms with Gasteiger partial charge < -0.3 is 10.6 Å². The molecule has 24 heavy (non-hydrogen) atoms. The maximum atomic E-state index is 12.6. The Morgan fingerprint density at radius 1 is 1.29 bits per heavy atom. The number of carbonyl (C=O) groups is 1. The molecule has 0 bridgehead atoms. The number of hydrogen-bond donors (Lipinski definition) is 1. The largest absolute Gasteiger partial charge is 0.342 e. The fourth-order valence-electron chi connectivity index (χ4n) is 3.11. The number of nitrogens with two attached hydrogens (primary N) is 1. The highest BCUT2D eigenvalue weighted by atomic mass is 16.2. The van der Waals surface area contributed by atoms with Crippen LogP contribution < -0.4 is 5.73 Å². The third kappa shape index (κ3) is 3.19. The van der Waals surface area contributed by atoms with Gasteiger partial charge in [-0.3, -0.25) is 4.79 Å². The molecule has 0 aliphatic carbocycles. The zero-order valence-corrected chi connectivity index (χ0v) is 14.6. The molecule has 3 rings (SSSR count). The predicted octanol–water partition coefficient (Wildman–Crippen LogP) is 1.62. The summed E-state index contributed by atoms with van der Waals surface area (Å²) in [6.45, 7) is 8.26. The van der Waals surface area contributed by atoms with E-state index in [-0.39, 0.29) is 11.3 Å². The Labute approximate surface area is 142 Å². The zero-order valence-electron chi connectivity index (χ0n) is 14.6. The van der Waals surface area contributed by atoms with Crippen molar-refractivity contribution in [2.45, 2.75) is 33.6 Å². The lowest BCUT2D eigenvalue weighted by molar-refractivity contribution is -0.129. The number of aryl methyl sites for hydroxylation is 1. The lowest BCUT2D eigenvalue weighted by Gasteiger charge is -2.22. The first-order valence-electron chi connectivity index (χ1n) is 8.38. The van der Waals surface area contributed by atoms with E-state index in [9.17, 15) is 4.79 Å². The van der Waals surface area contributed by atoms with E-state index in [4.69, 9.17) is 5.73 Å². The Kier molecular flexibility index (Phi) is 4.41. The van der Waals surface area contributed by atoms with Crippen LogP contribution >= 0.6 is 0 Å². The van der Waals surface area contributed by atoms with Gasteiger partial charge in [-0.15, -0.1) is 5.10 Å². The molecule has 1 atom stereocenters. The Balaban J connectivity index is 1.73. The second kappa shape index (κ2) is 6.36. The van der Waals surface area contributed by atoms with Gasteiger partial charge in [-0.25, -0.2) is 4.68 Å². The maximum Gasteiger partial charge on any atom is 0.228 e. The van der Waals surface area contributed by atoms with Gasteiger partial charge in [-0.1, -0.05) is 29.8 Å². The average molecular weight is 327 g/mol. The van der Waals surface area contributed by atoms with Crippen molar-refractivity contribution in [2.24, 2.45) is 11.1 Å². The second-order valence-electron chi connectivity index (χ2n) is 7.13. The molecule has 1 amide bonds. The zero-order chi connectivity index (χ0) is 17.3. The number of benzene rings is 1. The summed E-state index contributed by atoms with van der Waals surface area (Å²) in [5.74, 6) is 0.103. The van der Waals surface area contributed by atoms with Crippen molar-refractivity contribution in [1.82, 2.24) is 19.9 Å². The molecule has 0 radical (unpaired) electrons. The molecule has 0 saturated carbocycles. The lowest BCUT2D eigenvalue weighted by atomic mass is 9.90. The summed E-state index contributed by atoms with van der Waals surface area (Å²) in [6.07, 6.45) is 1.25. The fraction of sp³-hybridized carbons (Fsp3) is 0.500. The third-order valence-corrected chi connectivity index (χ3v) is 4.99. The third-order valence-electron chi connectivity index (χ3n) is 4.99. The minimum absolute atomic E-state index is 0.0458. The normalized spacial score (nSPS) is 20.6. The molecule has 1 aliphatic rings. The SMILES string of the molecule is Cc1ccc(-n2nnc(CC(=O)N3CCC(C)(CN)C3)c2C)cc1. The van der Waals surface area contributed by atoms with E-state index in [1.165, 1.54) is 5.56 Å². The van der Waals surface area contributed by atoms with Crippen LogP contribution in [-0.2, 0) is 11.2 Å². The average Bonchev–Trinajstić information content (AvgIpc) is 3.13. The van der Waals surface area contributed by atoms with Gasteiger partial charge in [-0.2, -0.15) is 0 Å². The molecular formula is C18H25N5O. The number of nitrogens with zero attached hydrogens (tertiary/aromatic N) is 4. The van der Waals surface area contributed by atoms with Crippen molar-refractivity contribution in [1.29, 1.82) is 0 Å². The van der Waals surface area contributed by atoms with E-state index in [0.717, 1.165) is 36.6 Å². The van der Waals surface area contributed by atoms with E-state index in [1.807, 2.05) is 43.0 Å². The summed E-state index contributed by atoms with van der Waals surface area (Å²) < 4.78 is 1.79. The summed E-state index contributed by atoms with van der Waals surface area (Å²) in [5.41, 5.74) is 9.67. The van der Waals surface area contributed by atoms with E-state index in [2.05, 4.69) is 17.2 Å². The number of aromatic nitrogens is 3. The number of amides is 1. The van der Waals surface area contributed by atoms with E-state index >= 15 is 0 Å². The molecule has 1 aromatic heterocycles. The summed E-state index contributed by atoms with van der Waals surface area (Å²) >= 11 is 0. The van der Waals surface area contributed by atoms with Gasteiger partial charge in [0.2, 0.25) is 5.91 Å². The van der Waals surface area contributed by atoms with Crippen molar-refractivity contribution < 1.29 is 4.79 Å². The topological polar surface area (TPSA) is 77.0 Å². The molecule has 1 aromatic carbocycles. The van der Waals surface area contributed by atoms with E-state index in [1.54, 1.807) is 4.68 Å². The quantitative estimate of drug-likeness (QED) is 0.926. The summed E-state index contributed by atoms with van der Waals surface area (Å²) in [4.78, 5) is 14.5. The van der Waals surface area contributed by atoms with E-state index < -0.39 is 0 Å². The minimum Gasteiger partial charge on any atom is -0.342 e. The molecule has 2 N–H and O–H groups in total. The molecule has 0 spiro atoms.